The molecule has 0 aromatic heterocycles. The van der Waals surface area contributed by atoms with Crippen LogP contribution in [0, 0.1) is 5.41 Å². The molecule has 0 fully saturated rings. The van der Waals surface area contributed by atoms with Crippen molar-refractivity contribution in [2.75, 3.05) is 0 Å². The highest BCUT2D eigenvalue weighted by atomic mass is 16.6. The second-order valence-corrected chi connectivity index (χ2v) is 12.2. The lowest BCUT2D eigenvalue weighted by molar-refractivity contribution is -0.240. The van der Waals surface area contributed by atoms with E-state index >= 15 is 0 Å². The average Bonchev–Trinajstić information content (AvgIpc) is 2.89. The van der Waals surface area contributed by atoms with E-state index < -0.39 is 40.8 Å². The van der Waals surface area contributed by atoms with Gasteiger partial charge >= 0.3 is 17.9 Å². The van der Waals surface area contributed by atoms with E-state index in [4.69, 9.17) is 18.9 Å². The first-order valence-electron chi connectivity index (χ1n) is 14.2. The minimum absolute atomic E-state index is 0.0404. The van der Waals surface area contributed by atoms with Gasteiger partial charge in [-0.1, -0.05) is 60.7 Å². The number of aliphatic hydroxyl groups is 1. The number of aliphatic hydroxyl groups excluding tert-OH is 1. The summed E-state index contributed by atoms with van der Waals surface area (Å²) in [5.74, 6) is -1.47. The topological polar surface area (TPSA) is 108 Å². The molecule has 0 aliphatic rings. The van der Waals surface area contributed by atoms with Crippen molar-refractivity contribution in [3.05, 3.63) is 71.8 Å². The lowest BCUT2D eigenvalue weighted by atomic mass is 9.76. The van der Waals surface area contributed by atoms with Crippen LogP contribution in [-0.4, -0.2) is 40.5 Å². The van der Waals surface area contributed by atoms with Crippen molar-refractivity contribution in [1.82, 2.24) is 0 Å². The molecular weight excluding hydrogens is 524 g/mol. The normalized spacial score (nSPS) is 12.9. The molecule has 0 saturated heterocycles. The minimum atomic E-state index is -1.53. The van der Waals surface area contributed by atoms with Gasteiger partial charge in [0, 0.05) is 12.8 Å². The summed E-state index contributed by atoms with van der Waals surface area (Å²) in [7, 11) is 0. The van der Waals surface area contributed by atoms with Gasteiger partial charge in [0.05, 0.1) is 5.60 Å². The minimum Gasteiger partial charge on any atom is -0.461 e. The van der Waals surface area contributed by atoms with E-state index in [2.05, 4.69) is 0 Å². The summed E-state index contributed by atoms with van der Waals surface area (Å²) in [6, 6.07) is 18.7. The van der Waals surface area contributed by atoms with Crippen LogP contribution in [-0.2, 0) is 46.5 Å². The average molecular weight is 571 g/mol. The number of rotatable bonds is 15. The summed E-state index contributed by atoms with van der Waals surface area (Å²) in [5, 5.41) is 11.3. The van der Waals surface area contributed by atoms with E-state index in [1.165, 1.54) is 0 Å². The van der Waals surface area contributed by atoms with Crippen LogP contribution in [0.5, 0.6) is 0 Å². The van der Waals surface area contributed by atoms with Gasteiger partial charge in [-0.15, -0.1) is 0 Å². The van der Waals surface area contributed by atoms with Crippen molar-refractivity contribution in [2.45, 2.75) is 111 Å². The molecule has 0 aliphatic heterocycles. The Kier molecular flexibility index (Phi) is 13.0. The van der Waals surface area contributed by atoms with Crippen molar-refractivity contribution < 1.29 is 38.4 Å². The van der Waals surface area contributed by atoms with Crippen molar-refractivity contribution in [1.29, 1.82) is 0 Å². The van der Waals surface area contributed by atoms with Crippen LogP contribution in [0.25, 0.3) is 0 Å². The monoisotopic (exact) mass is 570 g/mol. The van der Waals surface area contributed by atoms with Crippen molar-refractivity contribution >= 4 is 17.9 Å². The maximum absolute atomic E-state index is 13.7. The third-order valence-electron chi connectivity index (χ3n) is 6.24. The van der Waals surface area contributed by atoms with Gasteiger partial charge in [0.15, 0.2) is 6.29 Å². The first kappa shape index (κ1) is 34.0. The summed E-state index contributed by atoms with van der Waals surface area (Å²) in [5.41, 5.74) is -1.36. The smallest absolute Gasteiger partial charge is 0.317 e. The molecule has 1 unspecified atom stereocenters. The molecule has 0 aliphatic carbocycles. The Morgan fingerprint density at radius 3 is 1.46 bits per heavy atom. The van der Waals surface area contributed by atoms with E-state index in [1.807, 2.05) is 60.7 Å². The van der Waals surface area contributed by atoms with Gasteiger partial charge in [-0.05, 0) is 78.4 Å². The van der Waals surface area contributed by atoms with E-state index in [1.54, 1.807) is 41.5 Å². The number of benzene rings is 2. The highest BCUT2D eigenvalue weighted by molar-refractivity contribution is 5.78. The predicted octanol–water partition coefficient (Wildman–Crippen LogP) is 6.28. The number of hydrogen-bond donors (Lipinski definition) is 1. The summed E-state index contributed by atoms with van der Waals surface area (Å²) < 4.78 is 22.4. The lowest BCUT2D eigenvalue weighted by Crippen LogP contribution is -2.49. The fourth-order valence-corrected chi connectivity index (χ4v) is 4.22. The van der Waals surface area contributed by atoms with Crippen LogP contribution in [0.2, 0.25) is 0 Å². The Labute approximate surface area is 244 Å². The zero-order valence-electron chi connectivity index (χ0n) is 25.3. The number of ether oxygens (including phenoxy) is 4. The van der Waals surface area contributed by atoms with Gasteiger partial charge in [-0.2, -0.15) is 0 Å². The van der Waals surface area contributed by atoms with E-state index in [-0.39, 0.29) is 51.7 Å². The Hall–Kier alpha value is -3.23. The molecule has 0 radical (unpaired) electrons. The van der Waals surface area contributed by atoms with E-state index in [9.17, 15) is 19.5 Å². The first-order chi connectivity index (χ1) is 19.2. The van der Waals surface area contributed by atoms with E-state index in [0.717, 1.165) is 11.1 Å². The molecule has 0 spiro atoms. The third-order valence-corrected chi connectivity index (χ3v) is 6.24. The van der Waals surface area contributed by atoms with Gasteiger partial charge in [0.25, 0.3) is 0 Å². The Morgan fingerprint density at radius 1 is 0.683 bits per heavy atom. The van der Waals surface area contributed by atoms with Gasteiger partial charge in [0.2, 0.25) is 0 Å². The van der Waals surface area contributed by atoms with Gasteiger partial charge < -0.3 is 24.1 Å². The molecule has 2 rings (SSSR count). The third kappa shape index (κ3) is 12.9. The summed E-state index contributed by atoms with van der Waals surface area (Å²) >= 11 is 0. The Morgan fingerprint density at radius 2 is 1.10 bits per heavy atom. The fraction of sp³-hybridized carbons (Fsp3) is 0.545. The molecular formula is C33H46O8. The van der Waals surface area contributed by atoms with Gasteiger partial charge in [0.1, 0.15) is 24.2 Å². The van der Waals surface area contributed by atoms with Crippen LogP contribution >= 0.6 is 0 Å². The van der Waals surface area contributed by atoms with Crippen LogP contribution in [0.1, 0.15) is 91.2 Å². The molecule has 2 aromatic carbocycles. The Bertz CT molecular complexity index is 1020. The molecule has 1 N–H and O–H groups in total. The van der Waals surface area contributed by atoms with Crippen LogP contribution in [0.15, 0.2) is 60.7 Å². The van der Waals surface area contributed by atoms with Gasteiger partial charge in [-0.25, -0.2) is 0 Å². The number of carbonyl (C=O) groups excluding carboxylic acids is 3. The summed E-state index contributed by atoms with van der Waals surface area (Å²) in [4.78, 5) is 38.7. The molecule has 226 valence electrons. The number of carbonyl (C=O) groups is 3. The quantitative estimate of drug-likeness (QED) is 0.152. The van der Waals surface area contributed by atoms with Crippen LogP contribution in [0.4, 0.5) is 0 Å². The maximum Gasteiger partial charge on any atom is 0.317 e. The fourth-order valence-electron chi connectivity index (χ4n) is 4.22. The molecule has 2 aromatic rings. The SMILES string of the molecule is CC(C)(C)OC(=O)C(CCCC(=O)OCc1ccccc1)(CCCC(=O)OCc1ccccc1)C(O)OC(C)(C)C. The van der Waals surface area contributed by atoms with Crippen molar-refractivity contribution in [3.8, 4) is 0 Å². The van der Waals surface area contributed by atoms with Crippen molar-refractivity contribution in [2.24, 2.45) is 5.41 Å². The van der Waals surface area contributed by atoms with Crippen LogP contribution < -0.4 is 0 Å². The number of esters is 3. The Balaban J connectivity index is 2.13. The molecule has 8 nitrogen and oxygen atoms in total. The summed E-state index contributed by atoms with van der Waals surface area (Å²) in [6.45, 7) is 10.9. The molecule has 0 saturated carbocycles. The van der Waals surface area contributed by atoms with E-state index in [0.29, 0.717) is 0 Å². The zero-order valence-corrected chi connectivity index (χ0v) is 25.3. The summed E-state index contributed by atoms with van der Waals surface area (Å²) in [6.07, 6.45) is -0.765. The lowest BCUT2D eigenvalue weighted by Gasteiger charge is -2.40. The standard InChI is InChI=1S/C33H46O8/c1-31(2,3)40-29(36)33(30(37)41-32(4,5)6,21-13-19-27(34)38-23-25-15-9-7-10-16-25)22-14-20-28(35)39-24-26-17-11-8-12-18-26/h7-12,15-18,29,36H,13-14,19-24H2,1-6H3. The largest absolute Gasteiger partial charge is 0.461 e. The predicted molar refractivity (Wildman–Crippen MR) is 155 cm³/mol. The molecule has 8 heteroatoms. The molecule has 0 heterocycles. The van der Waals surface area contributed by atoms with Crippen LogP contribution in [0.3, 0.4) is 0 Å². The highest BCUT2D eigenvalue weighted by Gasteiger charge is 2.49. The second kappa shape index (κ2) is 15.7. The number of hydrogen-bond acceptors (Lipinski definition) is 8. The molecule has 0 bridgehead atoms. The molecule has 0 amide bonds. The first-order valence-corrected chi connectivity index (χ1v) is 14.2. The molecule has 41 heavy (non-hydrogen) atoms. The maximum atomic E-state index is 13.7. The molecule has 1 atom stereocenters. The second-order valence-electron chi connectivity index (χ2n) is 12.2. The zero-order chi connectivity index (χ0) is 30.5. The van der Waals surface area contributed by atoms with Gasteiger partial charge in [-0.3, -0.25) is 14.4 Å². The van der Waals surface area contributed by atoms with Crippen molar-refractivity contribution in [3.63, 3.8) is 0 Å². The highest BCUT2D eigenvalue weighted by Crippen LogP contribution is 2.40.